The van der Waals surface area contributed by atoms with Gasteiger partial charge in [-0.1, -0.05) is 0 Å². The third kappa shape index (κ3) is 2.00. The molecule has 0 unspecified atom stereocenters. The molecular weight excluding hydrogens is 156 g/mol. The second-order valence-electron chi connectivity index (χ2n) is 1.43. The molecule has 0 spiro atoms. The Balaban J connectivity index is 2.58. The Morgan fingerprint density at radius 2 is 1.90 bits per heavy atom. The molecule has 6 heteroatoms. The van der Waals surface area contributed by atoms with E-state index in [1.54, 1.807) is 0 Å². The highest BCUT2D eigenvalue weighted by atomic mass is 28.3. The van der Waals surface area contributed by atoms with Crippen LogP contribution in [-0.2, 0) is 23.5 Å². The number of hydrogen-bond donors (Lipinski definition) is 0. The van der Waals surface area contributed by atoms with Crippen LogP contribution in [-0.4, -0.2) is 21.9 Å². The van der Waals surface area contributed by atoms with Gasteiger partial charge in [0, 0.05) is 12.2 Å². The molecule has 0 aromatic carbocycles. The molecule has 1 aliphatic rings. The number of carbonyl (C=O) groups is 2. The van der Waals surface area contributed by atoms with E-state index >= 15 is 0 Å². The minimum Gasteiger partial charge on any atom is -0.493 e. The fraction of sp³-hybridized carbons (Fsp3) is 0. The highest BCUT2D eigenvalue weighted by Crippen LogP contribution is 1.90. The lowest BCUT2D eigenvalue weighted by Crippen LogP contribution is -2.15. The molecule has 5 nitrogen and oxygen atoms in total. The van der Waals surface area contributed by atoms with Gasteiger partial charge in [-0.3, -0.25) is 0 Å². The van der Waals surface area contributed by atoms with Gasteiger partial charge in [-0.15, -0.1) is 0 Å². The van der Waals surface area contributed by atoms with Crippen molar-refractivity contribution in [2.24, 2.45) is 0 Å². The molecule has 54 valence electrons. The van der Waals surface area contributed by atoms with Gasteiger partial charge in [-0.25, -0.2) is 9.59 Å². The van der Waals surface area contributed by atoms with Crippen molar-refractivity contribution in [1.82, 2.24) is 0 Å². The molecule has 0 saturated heterocycles. The summed E-state index contributed by atoms with van der Waals surface area (Å²) >= 11 is 0. The third-order valence-electron chi connectivity index (χ3n) is 0.746. The van der Waals surface area contributed by atoms with Crippen molar-refractivity contribution < 1.29 is 23.5 Å². The average molecular weight is 160 g/mol. The van der Waals surface area contributed by atoms with E-state index in [-0.39, 0.29) is 0 Å². The van der Waals surface area contributed by atoms with Gasteiger partial charge in [-0.2, -0.15) is 4.58 Å². The summed E-state index contributed by atoms with van der Waals surface area (Å²) in [5.74, 6) is -1.26. The first-order valence-electron chi connectivity index (χ1n) is 2.47. The van der Waals surface area contributed by atoms with Gasteiger partial charge in [0.25, 0.3) is 0 Å². The van der Waals surface area contributed by atoms with Crippen molar-refractivity contribution in [3.05, 3.63) is 12.2 Å². The second-order valence-corrected chi connectivity index (χ2v) is 2.19. The van der Waals surface area contributed by atoms with Crippen molar-refractivity contribution in [1.29, 1.82) is 0 Å². The molecule has 1 aliphatic heterocycles. The largest absolute Gasteiger partial charge is 0.493 e. The summed E-state index contributed by atoms with van der Waals surface area (Å²) in [6, 6.07) is 0. The Morgan fingerprint density at radius 3 is 2.70 bits per heavy atom. The zero-order chi connectivity index (χ0) is 7.40. The first kappa shape index (κ1) is 6.97. The molecule has 0 saturated carbocycles. The Hall–Kier alpha value is -1.14. The summed E-state index contributed by atoms with van der Waals surface area (Å²) in [5.41, 5.74) is 0. The summed E-state index contributed by atoms with van der Waals surface area (Å²) < 4.78 is 8.70. The van der Waals surface area contributed by atoms with Crippen LogP contribution in [0.4, 0.5) is 0 Å². The van der Waals surface area contributed by atoms with E-state index in [0.29, 0.717) is 0 Å². The van der Waals surface area contributed by atoms with Gasteiger partial charge < -0.3 is 9.31 Å². The molecule has 0 fully saturated rings. The highest BCUT2D eigenvalue weighted by molar-refractivity contribution is 6.23. The Morgan fingerprint density at radius 1 is 1.20 bits per heavy atom. The smallest absolute Gasteiger partial charge is 0.418 e. The van der Waals surface area contributed by atoms with Crippen LogP contribution in [0.3, 0.4) is 0 Å². The van der Waals surface area contributed by atoms with E-state index in [0.717, 1.165) is 12.2 Å². The van der Waals surface area contributed by atoms with Crippen molar-refractivity contribution in [2.45, 2.75) is 0 Å². The second kappa shape index (κ2) is 3.13. The molecule has 0 aromatic heterocycles. The maximum Gasteiger partial charge on any atom is 0.418 e. The minimum absolute atomic E-state index is 0.566. The van der Waals surface area contributed by atoms with Gasteiger partial charge in [0.15, 0.2) is 0 Å². The lowest BCUT2D eigenvalue weighted by Gasteiger charge is -2.03. The molecule has 0 amide bonds. The minimum atomic E-state index is -1.47. The van der Waals surface area contributed by atoms with E-state index in [9.17, 15) is 9.59 Å². The van der Waals surface area contributed by atoms with Crippen LogP contribution in [0.5, 0.6) is 0 Å². The van der Waals surface area contributed by atoms with E-state index < -0.39 is 21.9 Å². The maximum absolute atomic E-state index is 10.4. The van der Waals surface area contributed by atoms with Crippen molar-refractivity contribution in [3.63, 3.8) is 0 Å². The molecule has 10 heavy (non-hydrogen) atoms. The number of carbonyl (C=O) groups excluding carboxylic acids is 2. The topological polar surface area (TPSA) is 61.8 Å². The van der Waals surface area contributed by atoms with Gasteiger partial charge in [-0.05, 0) is 0 Å². The molecule has 1 rings (SSSR count). The van der Waals surface area contributed by atoms with Gasteiger partial charge >= 0.3 is 21.9 Å². The fourth-order valence-corrected chi connectivity index (χ4v) is 0.801. The molecule has 0 bridgehead atoms. The number of rotatable bonds is 0. The summed E-state index contributed by atoms with van der Waals surface area (Å²) in [7, 11) is -1.47. The molecule has 1 heterocycles. The Labute approximate surface area is 58.6 Å². The van der Waals surface area contributed by atoms with Crippen LogP contribution in [0.15, 0.2) is 12.2 Å². The summed E-state index contributed by atoms with van der Waals surface area (Å²) in [6.07, 6.45) is 1.94. The zero-order valence-electron chi connectivity index (χ0n) is 4.90. The maximum atomic E-state index is 10.4. The molecule has 0 aliphatic carbocycles. The van der Waals surface area contributed by atoms with E-state index in [1.807, 2.05) is 0 Å². The Kier molecular flexibility index (Phi) is 2.18. The summed E-state index contributed by atoms with van der Waals surface area (Å²) in [4.78, 5) is 24.9. The third-order valence-corrected chi connectivity index (χ3v) is 1.36. The number of hydrogen-bond acceptors (Lipinski definition) is 5. The van der Waals surface area contributed by atoms with Gasteiger partial charge in [0.05, 0.1) is 0 Å². The summed E-state index contributed by atoms with van der Waals surface area (Å²) in [6.45, 7) is 0. The van der Waals surface area contributed by atoms with Crippen molar-refractivity contribution in [3.8, 4) is 0 Å². The van der Waals surface area contributed by atoms with Gasteiger partial charge in [0.2, 0.25) is 0 Å². The lowest BCUT2D eigenvalue weighted by atomic mass is 10.5. The van der Waals surface area contributed by atoms with E-state index in [2.05, 4.69) is 13.9 Å². The Bertz CT molecular complexity index is 166. The predicted molar refractivity (Wildman–Crippen MR) is 31.0 cm³/mol. The van der Waals surface area contributed by atoms with Crippen LogP contribution in [0, 0.1) is 0 Å². The van der Waals surface area contributed by atoms with Crippen LogP contribution >= 0.6 is 0 Å². The highest BCUT2D eigenvalue weighted by Gasteiger charge is 2.06. The van der Waals surface area contributed by atoms with Gasteiger partial charge in [0.1, 0.15) is 0 Å². The van der Waals surface area contributed by atoms with Crippen molar-refractivity contribution >= 4 is 21.9 Å². The lowest BCUT2D eigenvalue weighted by molar-refractivity contribution is -0.214. The first-order chi connectivity index (χ1) is 4.79. The van der Waals surface area contributed by atoms with Crippen LogP contribution in [0.2, 0.25) is 0 Å². The molecular formula is C4H4O5Si. The average Bonchev–Trinajstić information content (AvgIpc) is 1.90. The zero-order valence-corrected chi connectivity index (χ0v) is 6.32. The van der Waals surface area contributed by atoms with Crippen LogP contribution in [0.1, 0.15) is 0 Å². The summed E-state index contributed by atoms with van der Waals surface area (Å²) in [5, 5.41) is 0. The monoisotopic (exact) mass is 160 g/mol. The van der Waals surface area contributed by atoms with Crippen molar-refractivity contribution in [2.75, 3.05) is 0 Å². The molecule has 0 N–H and O–H groups in total. The fourth-order valence-electron chi connectivity index (χ4n) is 0.376. The van der Waals surface area contributed by atoms with Crippen LogP contribution in [0.25, 0.3) is 0 Å². The molecule has 0 aromatic rings. The van der Waals surface area contributed by atoms with E-state index in [4.69, 9.17) is 0 Å². The predicted octanol–water partition coefficient (Wildman–Crippen LogP) is -1.43. The van der Waals surface area contributed by atoms with Crippen LogP contribution < -0.4 is 0 Å². The molecule has 0 radical (unpaired) electrons. The SMILES string of the molecule is O=C1C=CC(=O)O[SiH2]OO1. The van der Waals surface area contributed by atoms with E-state index in [1.165, 1.54) is 0 Å². The standard InChI is InChI=1S/C4H4O5Si/c5-3-1-2-4(6)8-10-9-7-3/h1-2H,10H2. The first-order valence-corrected chi connectivity index (χ1v) is 3.63. The molecule has 0 atom stereocenters. The quantitative estimate of drug-likeness (QED) is 0.321. The normalized spacial score (nSPS) is 21.2.